The number of carbonyl (C=O) groups is 1. The minimum Gasteiger partial charge on any atom is -0.447 e. The van der Waals surface area contributed by atoms with Gasteiger partial charge in [0.05, 0.1) is 13.2 Å². The predicted octanol–water partition coefficient (Wildman–Crippen LogP) is 0.720. The van der Waals surface area contributed by atoms with Crippen LogP contribution in [-0.2, 0) is 11.3 Å². The van der Waals surface area contributed by atoms with E-state index in [-0.39, 0.29) is 19.8 Å². The summed E-state index contributed by atoms with van der Waals surface area (Å²) in [5, 5.41) is 19.8. The Balaban J connectivity index is 2.52. The first-order valence-corrected chi connectivity index (χ1v) is 4.50. The number of carbonyl (C=O) groups excluding carboxylic acids is 1. The first-order valence-electron chi connectivity index (χ1n) is 4.50. The van der Waals surface area contributed by atoms with Crippen molar-refractivity contribution in [2.24, 2.45) is 0 Å². The Morgan fingerprint density at radius 3 is 2.87 bits per heavy atom. The number of amides is 1. The van der Waals surface area contributed by atoms with E-state index in [1.807, 2.05) is 0 Å². The van der Waals surface area contributed by atoms with Gasteiger partial charge in [-0.3, -0.25) is 5.32 Å². The fourth-order valence-corrected chi connectivity index (χ4v) is 1.04. The van der Waals surface area contributed by atoms with Gasteiger partial charge in [-0.2, -0.15) is 0 Å². The minimum absolute atomic E-state index is 0.0362. The van der Waals surface area contributed by atoms with Gasteiger partial charge < -0.3 is 14.9 Å². The van der Waals surface area contributed by atoms with Crippen molar-refractivity contribution in [1.29, 1.82) is 0 Å². The van der Waals surface area contributed by atoms with E-state index in [9.17, 15) is 4.79 Å². The Morgan fingerprint density at radius 1 is 1.40 bits per heavy atom. The summed E-state index contributed by atoms with van der Waals surface area (Å²) in [7, 11) is 0. The van der Waals surface area contributed by atoms with Gasteiger partial charge in [0, 0.05) is 5.69 Å². The highest BCUT2D eigenvalue weighted by Crippen LogP contribution is 2.10. The number of hydrogen-bond acceptors (Lipinski definition) is 4. The monoisotopic (exact) mass is 211 g/mol. The molecule has 0 saturated heterocycles. The number of anilines is 1. The molecule has 3 N–H and O–H groups in total. The minimum atomic E-state index is -0.626. The maximum absolute atomic E-state index is 11.1. The third-order valence-corrected chi connectivity index (χ3v) is 1.68. The molecule has 1 amide bonds. The molecular formula is C10H13NO4. The van der Waals surface area contributed by atoms with Crippen molar-refractivity contribution in [2.75, 3.05) is 18.5 Å². The lowest BCUT2D eigenvalue weighted by molar-refractivity contribution is 0.131. The molecule has 0 aliphatic carbocycles. The number of ether oxygens (including phenoxy) is 1. The molecule has 0 saturated carbocycles. The van der Waals surface area contributed by atoms with Gasteiger partial charge >= 0.3 is 6.09 Å². The van der Waals surface area contributed by atoms with Crippen molar-refractivity contribution in [1.82, 2.24) is 0 Å². The van der Waals surface area contributed by atoms with Crippen LogP contribution in [-0.4, -0.2) is 29.5 Å². The van der Waals surface area contributed by atoms with Crippen LogP contribution in [0.25, 0.3) is 0 Å². The highest BCUT2D eigenvalue weighted by molar-refractivity contribution is 5.84. The molecule has 0 aliphatic rings. The molecule has 82 valence electrons. The zero-order chi connectivity index (χ0) is 11.1. The van der Waals surface area contributed by atoms with Crippen LogP contribution >= 0.6 is 0 Å². The van der Waals surface area contributed by atoms with Crippen molar-refractivity contribution in [2.45, 2.75) is 6.61 Å². The molecule has 1 rings (SSSR count). The topological polar surface area (TPSA) is 78.8 Å². The van der Waals surface area contributed by atoms with Crippen molar-refractivity contribution < 1.29 is 19.7 Å². The number of benzene rings is 1. The number of hydrogen-bond donors (Lipinski definition) is 3. The molecule has 5 nitrogen and oxygen atoms in total. The summed E-state index contributed by atoms with van der Waals surface area (Å²) in [5.41, 5.74) is 1.25. The van der Waals surface area contributed by atoms with Crippen LogP contribution in [0.2, 0.25) is 0 Å². The fourth-order valence-electron chi connectivity index (χ4n) is 1.04. The summed E-state index contributed by atoms with van der Waals surface area (Å²) in [6.07, 6.45) is -0.626. The van der Waals surface area contributed by atoms with E-state index in [2.05, 4.69) is 10.1 Å². The van der Waals surface area contributed by atoms with Crippen LogP contribution in [0, 0.1) is 0 Å². The van der Waals surface area contributed by atoms with E-state index in [4.69, 9.17) is 10.2 Å². The summed E-state index contributed by atoms with van der Waals surface area (Å²) in [6.45, 7) is -0.323. The smallest absolute Gasteiger partial charge is 0.411 e. The number of nitrogens with one attached hydrogen (secondary N) is 1. The van der Waals surface area contributed by atoms with Crippen LogP contribution in [0.15, 0.2) is 24.3 Å². The fraction of sp³-hybridized carbons (Fsp3) is 0.300. The van der Waals surface area contributed by atoms with Crippen LogP contribution in [0.5, 0.6) is 0 Å². The molecule has 0 heterocycles. The van der Waals surface area contributed by atoms with Gasteiger partial charge in [-0.25, -0.2) is 4.79 Å². The molecule has 15 heavy (non-hydrogen) atoms. The highest BCUT2D eigenvalue weighted by Gasteiger charge is 2.02. The number of aliphatic hydroxyl groups excluding tert-OH is 2. The molecule has 1 aromatic carbocycles. The lowest BCUT2D eigenvalue weighted by Crippen LogP contribution is -2.15. The molecule has 1 aromatic rings. The summed E-state index contributed by atoms with van der Waals surface area (Å²) in [6, 6.07) is 6.77. The number of aliphatic hydroxyl groups is 2. The molecule has 0 bridgehead atoms. The van der Waals surface area contributed by atoms with Crippen LogP contribution < -0.4 is 5.32 Å². The molecule has 0 radical (unpaired) electrons. The maximum Gasteiger partial charge on any atom is 0.411 e. The summed E-state index contributed by atoms with van der Waals surface area (Å²) in [5.74, 6) is 0. The average molecular weight is 211 g/mol. The second kappa shape index (κ2) is 6.00. The first kappa shape index (κ1) is 11.5. The molecule has 0 atom stereocenters. The van der Waals surface area contributed by atoms with Gasteiger partial charge in [0.15, 0.2) is 0 Å². The molecule has 0 unspecified atom stereocenters. The molecule has 0 spiro atoms. The van der Waals surface area contributed by atoms with Crippen molar-refractivity contribution >= 4 is 11.8 Å². The van der Waals surface area contributed by atoms with Crippen molar-refractivity contribution in [3.8, 4) is 0 Å². The Hall–Kier alpha value is -1.59. The number of rotatable bonds is 4. The van der Waals surface area contributed by atoms with Gasteiger partial charge in [-0.05, 0) is 17.7 Å². The molecule has 0 fully saturated rings. The standard InChI is InChI=1S/C10H13NO4/c12-4-5-15-10(14)11-9-3-1-2-8(6-9)7-13/h1-3,6,12-13H,4-5,7H2,(H,11,14). The zero-order valence-electron chi connectivity index (χ0n) is 8.14. The second-order valence-electron chi connectivity index (χ2n) is 2.84. The predicted molar refractivity (Wildman–Crippen MR) is 54.4 cm³/mol. The van der Waals surface area contributed by atoms with Gasteiger partial charge in [0.1, 0.15) is 6.61 Å². The van der Waals surface area contributed by atoms with E-state index < -0.39 is 6.09 Å². The second-order valence-corrected chi connectivity index (χ2v) is 2.84. The Kier molecular flexibility index (Phi) is 4.59. The van der Waals surface area contributed by atoms with Crippen molar-refractivity contribution in [3.05, 3.63) is 29.8 Å². The average Bonchev–Trinajstić information content (AvgIpc) is 2.26. The zero-order valence-corrected chi connectivity index (χ0v) is 8.14. The lowest BCUT2D eigenvalue weighted by atomic mass is 10.2. The van der Waals surface area contributed by atoms with Crippen molar-refractivity contribution in [3.63, 3.8) is 0 Å². The van der Waals surface area contributed by atoms with Crippen LogP contribution in [0.4, 0.5) is 10.5 Å². The van der Waals surface area contributed by atoms with E-state index >= 15 is 0 Å². The largest absolute Gasteiger partial charge is 0.447 e. The molecular weight excluding hydrogens is 198 g/mol. The van der Waals surface area contributed by atoms with E-state index in [1.54, 1.807) is 24.3 Å². The Morgan fingerprint density at radius 2 is 2.20 bits per heavy atom. The third kappa shape index (κ3) is 3.97. The molecule has 0 aromatic heterocycles. The van der Waals surface area contributed by atoms with E-state index in [0.29, 0.717) is 11.3 Å². The normalized spacial score (nSPS) is 9.73. The van der Waals surface area contributed by atoms with Gasteiger partial charge in [-0.1, -0.05) is 12.1 Å². The summed E-state index contributed by atoms with van der Waals surface area (Å²) < 4.78 is 4.61. The SMILES string of the molecule is O=C(Nc1cccc(CO)c1)OCCO. The maximum atomic E-state index is 11.1. The van der Waals surface area contributed by atoms with E-state index in [1.165, 1.54) is 0 Å². The quantitative estimate of drug-likeness (QED) is 0.685. The first-order chi connectivity index (χ1) is 7.26. The van der Waals surface area contributed by atoms with E-state index in [0.717, 1.165) is 0 Å². The highest BCUT2D eigenvalue weighted by atomic mass is 16.6. The van der Waals surface area contributed by atoms with Gasteiger partial charge in [0.25, 0.3) is 0 Å². The summed E-state index contributed by atoms with van der Waals surface area (Å²) in [4.78, 5) is 11.1. The van der Waals surface area contributed by atoms with Crippen LogP contribution in [0.1, 0.15) is 5.56 Å². The third-order valence-electron chi connectivity index (χ3n) is 1.68. The Labute approximate surface area is 87.3 Å². The van der Waals surface area contributed by atoms with Gasteiger partial charge in [-0.15, -0.1) is 0 Å². The molecule has 0 aliphatic heterocycles. The van der Waals surface area contributed by atoms with Crippen LogP contribution in [0.3, 0.4) is 0 Å². The molecule has 5 heteroatoms. The summed E-state index contributed by atoms with van der Waals surface area (Å²) >= 11 is 0. The lowest BCUT2D eigenvalue weighted by Gasteiger charge is -2.06. The Bertz CT molecular complexity index is 327. The van der Waals surface area contributed by atoms with Gasteiger partial charge in [0.2, 0.25) is 0 Å².